The topological polar surface area (TPSA) is 46.5 Å². The fraction of sp³-hybridized carbons (Fsp3) is 0.250. The molecule has 1 atom stereocenters. The molecule has 1 N–H and O–H groups in total. The third-order valence-electron chi connectivity index (χ3n) is 1.92. The molecule has 0 saturated heterocycles. The van der Waals surface area contributed by atoms with E-state index in [1.807, 2.05) is 19.1 Å². The van der Waals surface area contributed by atoms with Crippen LogP contribution >= 0.6 is 0 Å². The molecule has 0 aliphatic rings. The number of ether oxygens (including phenoxy) is 1. The van der Waals surface area contributed by atoms with Gasteiger partial charge >= 0.3 is 5.97 Å². The molecule has 1 aromatic carbocycles. The number of allylic oxidation sites excluding steroid dienone is 1. The van der Waals surface area contributed by atoms with Crippen molar-refractivity contribution in [1.82, 2.24) is 0 Å². The van der Waals surface area contributed by atoms with E-state index < -0.39 is 12.1 Å². The molecule has 0 bridgehead atoms. The maximum absolute atomic E-state index is 10.9. The van der Waals surface area contributed by atoms with Gasteiger partial charge in [-0.15, -0.1) is 0 Å². The summed E-state index contributed by atoms with van der Waals surface area (Å²) in [6, 6.07) is 8.92. The molecular weight excluding hydrogens is 192 g/mol. The first-order chi connectivity index (χ1) is 7.25. The van der Waals surface area contributed by atoms with E-state index >= 15 is 0 Å². The van der Waals surface area contributed by atoms with Gasteiger partial charge in [0.15, 0.2) is 6.10 Å². The molecule has 1 aromatic rings. The summed E-state index contributed by atoms with van der Waals surface area (Å²) in [5.74, 6) is -0.967. The van der Waals surface area contributed by atoms with E-state index in [1.54, 1.807) is 30.3 Å². The quantitative estimate of drug-likeness (QED) is 0.752. The predicted molar refractivity (Wildman–Crippen MR) is 57.6 cm³/mol. The van der Waals surface area contributed by atoms with Crippen LogP contribution in [0.15, 0.2) is 42.5 Å². The summed E-state index contributed by atoms with van der Waals surface area (Å²) in [4.78, 5) is 10.9. The van der Waals surface area contributed by atoms with Crippen LogP contribution in [0.1, 0.15) is 18.6 Å². The Bertz CT molecular complexity index is 330. The van der Waals surface area contributed by atoms with Crippen LogP contribution in [0.5, 0.6) is 0 Å². The molecule has 1 unspecified atom stereocenters. The molecule has 1 rings (SSSR count). The van der Waals surface area contributed by atoms with Crippen LogP contribution in [0.4, 0.5) is 0 Å². The first kappa shape index (κ1) is 11.5. The number of rotatable bonds is 5. The zero-order valence-electron chi connectivity index (χ0n) is 8.59. The van der Waals surface area contributed by atoms with Crippen molar-refractivity contribution >= 4 is 5.97 Å². The lowest BCUT2D eigenvalue weighted by molar-refractivity contribution is -0.150. The normalized spacial score (nSPS) is 12.9. The molecule has 0 radical (unpaired) electrons. The van der Waals surface area contributed by atoms with Gasteiger partial charge in [-0.25, -0.2) is 4.79 Å². The second kappa shape index (κ2) is 5.98. The minimum absolute atomic E-state index is 0.308. The summed E-state index contributed by atoms with van der Waals surface area (Å²) < 4.78 is 5.24. The highest BCUT2D eigenvalue weighted by Gasteiger charge is 2.19. The van der Waals surface area contributed by atoms with Crippen molar-refractivity contribution in [3.8, 4) is 0 Å². The Morgan fingerprint density at radius 2 is 2.13 bits per heavy atom. The number of hydrogen-bond acceptors (Lipinski definition) is 2. The van der Waals surface area contributed by atoms with E-state index in [0.717, 1.165) is 0 Å². The Hall–Kier alpha value is -1.61. The molecule has 0 fully saturated rings. The second-order valence-corrected chi connectivity index (χ2v) is 3.03. The fourth-order valence-electron chi connectivity index (χ4n) is 1.19. The molecule has 0 amide bonds. The van der Waals surface area contributed by atoms with E-state index in [0.29, 0.717) is 12.2 Å². The third-order valence-corrected chi connectivity index (χ3v) is 1.92. The number of carboxylic acids is 1. The van der Waals surface area contributed by atoms with Crippen LogP contribution in [0.25, 0.3) is 0 Å². The predicted octanol–water partition coefficient (Wildman–Crippen LogP) is 2.41. The van der Waals surface area contributed by atoms with Crippen molar-refractivity contribution in [3.63, 3.8) is 0 Å². The number of aliphatic carboxylic acids is 1. The standard InChI is InChI=1S/C12H14O3/c1-2-3-9-15-11(12(13)14)10-7-5-4-6-8-10/h2-8,11H,9H2,1H3,(H,13,14). The van der Waals surface area contributed by atoms with Crippen molar-refractivity contribution in [2.24, 2.45) is 0 Å². The smallest absolute Gasteiger partial charge is 0.337 e. The van der Waals surface area contributed by atoms with Crippen LogP contribution in [0, 0.1) is 0 Å². The van der Waals surface area contributed by atoms with Crippen LogP contribution in [0.3, 0.4) is 0 Å². The van der Waals surface area contributed by atoms with Gasteiger partial charge in [-0.2, -0.15) is 0 Å². The Balaban J connectivity index is 2.71. The number of hydrogen-bond donors (Lipinski definition) is 1. The lowest BCUT2D eigenvalue weighted by Crippen LogP contribution is -2.15. The Morgan fingerprint density at radius 3 is 2.67 bits per heavy atom. The molecule has 0 aliphatic carbocycles. The van der Waals surface area contributed by atoms with Gasteiger partial charge in [0, 0.05) is 0 Å². The van der Waals surface area contributed by atoms with E-state index in [4.69, 9.17) is 9.84 Å². The molecular formula is C12H14O3. The van der Waals surface area contributed by atoms with Gasteiger partial charge in [0.2, 0.25) is 0 Å². The van der Waals surface area contributed by atoms with E-state index in [1.165, 1.54) is 0 Å². The van der Waals surface area contributed by atoms with Crippen molar-refractivity contribution < 1.29 is 14.6 Å². The van der Waals surface area contributed by atoms with Gasteiger partial charge in [-0.1, -0.05) is 42.5 Å². The van der Waals surface area contributed by atoms with Crippen LogP contribution in [-0.4, -0.2) is 17.7 Å². The fourth-order valence-corrected chi connectivity index (χ4v) is 1.19. The molecule has 15 heavy (non-hydrogen) atoms. The first-order valence-corrected chi connectivity index (χ1v) is 4.76. The number of carbonyl (C=O) groups is 1. The lowest BCUT2D eigenvalue weighted by Gasteiger charge is -2.12. The molecule has 0 aliphatic heterocycles. The zero-order valence-corrected chi connectivity index (χ0v) is 8.59. The van der Waals surface area contributed by atoms with Crippen molar-refractivity contribution in [3.05, 3.63) is 48.0 Å². The zero-order chi connectivity index (χ0) is 11.1. The van der Waals surface area contributed by atoms with Crippen LogP contribution < -0.4 is 0 Å². The monoisotopic (exact) mass is 206 g/mol. The summed E-state index contributed by atoms with van der Waals surface area (Å²) >= 11 is 0. The van der Waals surface area contributed by atoms with E-state index in [9.17, 15) is 4.79 Å². The van der Waals surface area contributed by atoms with Crippen molar-refractivity contribution in [1.29, 1.82) is 0 Å². The molecule has 80 valence electrons. The first-order valence-electron chi connectivity index (χ1n) is 4.76. The summed E-state index contributed by atoms with van der Waals surface area (Å²) in [6.07, 6.45) is 2.71. The number of benzene rings is 1. The lowest BCUT2D eigenvalue weighted by atomic mass is 10.1. The molecule has 0 spiro atoms. The maximum Gasteiger partial charge on any atom is 0.337 e. The summed E-state index contributed by atoms with van der Waals surface area (Å²) in [7, 11) is 0. The largest absolute Gasteiger partial charge is 0.479 e. The molecule has 0 saturated carbocycles. The van der Waals surface area contributed by atoms with E-state index in [-0.39, 0.29) is 0 Å². The minimum atomic E-state index is -0.967. The van der Waals surface area contributed by atoms with Gasteiger partial charge in [-0.3, -0.25) is 0 Å². The van der Waals surface area contributed by atoms with Gasteiger partial charge in [0.1, 0.15) is 0 Å². The summed E-state index contributed by atoms with van der Waals surface area (Å²) in [5, 5.41) is 8.98. The summed E-state index contributed by atoms with van der Waals surface area (Å²) in [5.41, 5.74) is 0.662. The molecule has 3 nitrogen and oxygen atoms in total. The van der Waals surface area contributed by atoms with Crippen LogP contribution in [-0.2, 0) is 9.53 Å². The minimum Gasteiger partial charge on any atom is -0.479 e. The number of carboxylic acid groups (broad SMARTS) is 1. The highest BCUT2D eigenvalue weighted by atomic mass is 16.5. The molecule has 0 aromatic heterocycles. The Kier molecular flexibility index (Phi) is 4.57. The van der Waals surface area contributed by atoms with Gasteiger partial charge in [0.05, 0.1) is 6.61 Å². The van der Waals surface area contributed by atoms with Gasteiger partial charge in [0.25, 0.3) is 0 Å². The molecule has 0 heterocycles. The highest BCUT2D eigenvalue weighted by Crippen LogP contribution is 2.16. The third kappa shape index (κ3) is 3.56. The van der Waals surface area contributed by atoms with Crippen LogP contribution in [0.2, 0.25) is 0 Å². The van der Waals surface area contributed by atoms with E-state index in [2.05, 4.69) is 0 Å². The highest BCUT2D eigenvalue weighted by molar-refractivity contribution is 5.74. The van der Waals surface area contributed by atoms with Crippen molar-refractivity contribution in [2.45, 2.75) is 13.0 Å². The average molecular weight is 206 g/mol. The van der Waals surface area contributed by atoms with Crippen molar-refractivity contribution in [2.75, 3.05) is 6.61 Å². The average Bonchev–Trinajstić information content (AvgIpc) is 2.25. The Morgan fingerprint density at radius 1 is 1.47 bits per heavy atom. The molecule has 3 heteroatoms. The summed E-state index contributed by atoms with van der Waals surface area (Å²) in [6.45, 7) is 2.17. The van der Waals surface area contributed by atoms with Gasteiger partial charge in [-0.05, 0) is 12.5 Å². The second-order valence-electron chi connectivity index (χ2n) is 3.03. The maximum atomic E-state index is 10.9. The van der Waals surface area contributed by atoms with Gasteiger partial charge < -0.3 is 9.84 Å². The Labute approximate surface area is 89.0 Å². The SMILES string of the molecule is CC=CCOC(C(=O)O)c1ccccc1.